The lowest BCUT2D eigenvalue weighted by atomic mass is 9.92. The van der Waals surface area contributed by atoms with Crippen molar-refractivity contribution in [3.8, 4) is 5.75 Å². The Balaban J connectivity index is 2.10. The van der Waals surface area contributed by atoms with Crippen molar-refractivity contribution in [1.29, 1.82) is 0 Å². The molecular weight excluding hydrogens is 162 g/mol. The third-order valence-electron chi connectivity index (χ3n) is 2.67. The van der Waals surface area contributed by atoms with E-state index >= 15 is 0 Å². The fourth-order valence-corrected chi connectivity index (χ4v) is 1.58. The van der Waals surface area contributed by atoms with Gasteiger partial charge in [0.15, 0.2) is 0 Å². The molecule has 1 aromatic carbocycles. The second-order valence-corrected chi connectivity index (χ2v) is 3.77. The van der Waals surface area contributed by atoms with Gasteiger partial charge in [-0.1, -0.05) is 0 Å². The summed E-state index contributed by atoms with van der Waals surface area (Å²) in [5.41, 5.74) is 2.27. The van der Waals surface area contributed by atoms with Gasteiger partial charge in [-0.3, -0.25) is 0 Å². The van der Waals surface area contributed by atoms with Crippen molar-refractivity contribution in [2.24, 2.45) is 0 Å². The predicted molar refractivity (Wildman–Crippen MR) is 54.1 cm³/mol. The first kappa shape index (κ1) is 8.42. The summed E-state index contributed by atoms with van der Waals surface area (Å²) in [6, 6.07) is 6.13. The summed E-state index contributed by atoms with van der Waals surface area (Å²) < 4.78 is 0. The van der Waals surface area contributed by atoms with E-state index in [1.54, 1.807) is 12.1 Å². The highest BCUT2D eigenvalue weighted by Crippen LogP contribution is 2.26. The maximum atomic E-state index is 9.22. The minimum Gasteiger partial charge on any atom is -0.508 e. The van der Waals surface area contributed by atoms with E-state index < -0.39 is 0 Å². The monoisotopic (exact) mass is 177 g/mol. The van der Waals surface area contributed by atoms with Gasteiger partial charge in [-0.15, -0.1) is 0 Å². The molecule has 0 amide bonds. The highest BCUT2D eigenvalue weighted by molar-refractivity contribution is 5.54. The number of aryl methyl sites for hydroxylation is 1. The number of hydrogen-bond donors (Lipinski definition) is 2. The van der Waals surface area contributed by atoms with Crippen molar-refractivity contribution in [3.05, 3.63) is 23.8 Å². The summed E-state index contributed by atoms with van der Waals surface area (Å²) in [6.07, 6.45) is 3.90. The molecule has 0 atom stereocenters. The Morgan fingerprint density at radius 3 is 2.69 bits per heavy atom. The number of rotatable bonds is 2. The van der Waals surface area contributed by atoms with Crippen molar-refractivity contribution < 1.29 is 5.11 Å². The highest BCUT2D eigenvalue weighted by Gasteiger charge is 2.17. The SMILES string of the molecule is Cc1cc(O)ccc1NC1CCC1. The Hall–Kier alpha value is -1.18. The van der Waals surface area contributed by atoms with E-state index in [9.17, 15) is 5.11 Å². The van der Waals surface area contributed by atoms with Gasteiger partial charge >= 0.3 is 0 Å². The molecule has 13 heavy (non-hydrogen) atoms. The van der Waals surface area contributed by atoms with E-state index in [0.29, 0.717) is 11.8 Å². The zero-order valence-corrected chi connectivity index (χ0v) is 7.88. The number of phenolic OH excluding ortho intramolecular Hbond substituents is 1. The average molecular weight is 177 g/mol. The first-order valence-corrected chi connectivity index (χ1v) is 4.82. The van der Waals surface area contributed by atoms with E-state index in [1.807, 2.05) is 13.0 Å². The van der Waals surface area contributed by atoms with Crippen molar-refractivity contribution in [3.63, 3.8) is 0 Å². The van der Waals surface area contributed by atoms with Crippen LogP contribution in [0.2, 0.25) is 0 Å². The van der Waals surface area contributed by atoms with E-state index in [2.05, 4.69) is 5.32 Å². The van der Waals surface area contributed by atoms with Gasteiger partial charge < -0.3 is 10.4 Å². The molecule has 1 aliphatic rings. The second kappa shape index (κ2) is 3.29. The van der Waals surface area contributed by atoms with Gasteiger partial charge in [0.2, 0.25) is 0 Å². The van der Waals surface area contributed by atoms with Gasteiger partial charge in [0.25, 0.3) is 0 Å². The van der Waals surface area contributed by atoms with E-state index in [4.69, 9.17) is 0 Å². The Morgan fingerprint density at radius 1 is 1.38 bits per heavy atom. The van der Waals surface area contributed by atoms with Crippen LogP contribution >= 0.6 is 0 Å². The minimum absolute atomic E-state index is 0.344. The van der Waals surface area contributed by atoms with Crippen molar-refractivity contribution >= 4 is 5.69 Å². The molecule has 70 valence electrons. The summed E-state index contributed by atoms with van der Waals surface area (Å²) in [5.74, 6) is 0.344. The quantitative estimate of drug-likeness (QED) is 0.681. The van der Waals surface area contributed by atoms with Crippen molar-refractivity contribution in [2.75, 3.05) is 5.32 Å². The van der Waals surface area contributed by atoms with Crippen LogP contribution in [0.15, 0.2) is 18.2 Å². The number of nitrogens with one attached hydrogen (secondary N) is 1. The average Bonchev–Trinajstić information content (AvgIpc) is 1.99. The molecule has 2 nitrogen and oxygen atoms in total. The summed E-state index contributed by atoms with van der Waals surface area (Å²) in [6.45, 7) is 2.01. The van der Waals surface area contributed by atoms with Crippen LogP contribution in [-0.4, -0.2) is 11.1 Å². The van der Waals surface area contributed by atoms with Crippen LogP contribution < -0.4 is 5.32 Å². The molecule has 2 rings (SSSR count). The molecule has 0 unspecified atom stereocenters. The molecule has 1 aromatic rings. The van der Waals surface area contributed by atoms with E-state index in [-0.39, 0.29) is 0 Å². The third kappa shape index (κ3) is 1.77. The van der Waals surface area contributed by atoms with Gasteiger partial charge in [0.1, 0.15) is 5.75 Å². The predicted octanol–water partition coefficient (Wildman–Crippen LogP) is 2.67. The molecule has 0 bridgehead atoms. The normalized spacial score (nSPS) is 16.7. The third-order valence-corrected chi connectivity index (χ3v) is 2.67. The maximum absolute atomic E-state index is 9.22. The van der Waals surface area contributed by atoms with Crippen LogP contribution in [0.4, 0.5) is 5.69 Å². The number of aromatic hydroxyl groups is 1. The topological polar surface area (TPSA) is 32.3 Å². The minimum atomic E-state index is 0.344. The standard InChI is InChI=1S/C11H15NO/c1-8-7-10(13)5-6-11(8)12-9-3-2-4-9/h5-7,9,12-13H,2-4H2,1H3. The lowest BCUT2D eigenvalue weighted by Crippen LogP contribution is -2.27. The van der Waals surface area contributed by atoms with Crippen LogP contribution in [0.3, 0.4) is 0 Å². The first-order chi connectivity index (χ1) is 6.25. The molecule has 0 heterocycles. The van der Waals surface area contributed by atoms with Crippen molar-refractivity contribution in [2.45, 2.75) is 32.2 Å². The number of anilines is 1. The van der Waals surface area contributed by atoms with E-state index in [0.717, 1.165) is 11.3 Å². The Labute approximate surface area is 78.6 Å². The summed E-state index contributed by atoms with van der Waals surface area (Å²) in [5, 5.41) is 12.7. The molecule has 1 saturated carbocycles. The van der Waals surface area contributed by atoms with Gasteiger partial charge in [0.05, 0.1) is 0 Å². The summed E-state index contributed by atoms with van der Waals surface area (Å²) in [4.78, 5) is 0. The molecule has 1 aliphatic carbocycles. The summed E-state index contributed by atoms with van der Waals surface area (Å²) >= 11 is 0. The zero-order chi connectivity index (χ0) is 9.26. The Bertz CT molecular complexity index is 305. The van der Waals surface area contributed by atoms with Gasteiger partial charge in [-0.2, -0.15) is 0 Å². The zero-order valence-electron chi connectivity index (χ0n) is 7.88. The molecule has 0 spiro atoms. The lowest BCUT2D eigenvalue weighted by Gasteiger charge is -2.28. The fraction of sp³-hybridized carbons (Fsp3) is 0.455. The lowest BCUT2D eigenvalue weighted by molar-refractivity contribution is 0.445. The summed E-state index contributed by atoms with van der Waals surface area (Å²) in [7, 11) is 0. The molecule has 2 N–H and O–H groups in total. The molecule has 0 aliphatic heterocycles. The van der Waals surface area contributed by atoms with Crippen LogP contribution in [-0.2, 0) is 0 Å². The Kier molecular flexibility index (Phi) is 2.13. The number of hydrogen-bond acceptors (Lipinski definition) is 2. The molecular formula is C11H15NO. The van der Waals surface area contributed by atoms with Gasteiger partial charge in [-0.05, 0) is 49.9 Å². The highest BCUT2D eigenvalue weighted by atomic mass is 16.3. The fourth-order valence-electron chi connectivity index (χ4n) is 1.58. The molecule has 0 saturated heterocycles. The van der Waals surface area contributed by atoms with Crippen molar-refractivity contribution in [1.82, 2.24) is 0 Å². The van der Waals surface area contributed by atoms with Crippen LogP contribution in [0.25, 0.3) is 0 Å². The van der Waals surface area contributed by atoms with E-state index in [1.165, 1.54) is 19.3 Å². The molecule has 1 fully saturated rings. The Morgan fingerprint density at radius 2 is 2.15 bits per heavy atom. The molecule has 2 heteroatoms. The first-order valence-electron chi connectivity index (χ1n) is 4.82. The maximum Gasteiger partial charge on any atom is 0.115 e. The molecule has 0 radical (unpaired) electrons. The number of benzene rings is 1. The van der Waals surface area contributed by atoms with Crippen LogP contribution in [0.1, 0.15) is 24.8 Å². The van der Waals surface area contributed by atoms with Crippen LogP contribution in [0, 0.1) is 6.92 Å². The van der Waals surface area contributed by atoms with Gasteiger partial charge in [-0.25, -0.2) is 0 Å². The smallest absolute Gasteiger partial charge is 0.115 e. The second-order valence-electron chi connectivity index (χ2n) is 3.77. The van der Waals surface area contributed by atoms with Crippen LogP contribution in [0.5, 0.6) is 5.75 Å². The molecule has 0 aromatic heterocycles. The largest absolute Gasteiger partial charge is 0.508 e. The van der Waals surface area contributed by atoms with Gasteiger partial charge in [0, 0.05) is 11.7 Å². The number of phenols is 1.